The van der Waals surface area contributed by atoms with Crippen molar-refractivity contribution in [3.05, 3.63) is 51.4 Å². The van der Waals surface area contributed by atoms with Crippen molar-refractivity contribution in [2.24, 2.45) is 10.2 Å². The number of nitrogens with one attached hydrogen (secondary N) is 1. The largest absolute Gasteiger partial charge is 0.493 e. The van der Waals surface area contributed by atoms with Crippen molar-refractivity contribution < 1.29 is 9.90 Å². The first kappa shape index (κ1) is 18.7. The van der Waals surface area contributed by atoms with Gasteiger partial charge in [-0.15, -0.1) is 21.6 Å². The third kappa shape index (κ3) is 2.93. The van der Waals surface area contributed by atoms with Crippen LogP contribution in [-0.2, 0) is 17.6 Å². The molecule has 152 valence electrons. The summed E-state index contributed by atoms with van der Waals surface area (Å²) in [6.45, 7) is 1.60. The van der Waals surface area contributed by atoms with E-state index in [1.165, 1.54) is 15.8 Å². The van der Waals surface area contributed by atoms with Gasteiger partial charge in [-0.25, -0.2) is 4.98 Å². The third-order valence-corrected chi connectivity index (χ3v) is 6.78. The Bertz CT molecular complexity index is 1380. The number of para-hydroxylation sites is 1. The molecule has 30 heavy (non-hydrogen) atoms. The van der Waals surface area contributed by atoms with Crippen LogP contribution in [0.5, 0.6) is 5.88 Å². The Morgan fingerprint density at radius 2 is 2.10 bits per heavy atom. The van der Waals surface area contributed by atoms with Gasteiger partial charge in [0.15, 0.2) is 5.69 Å². The number of azo groups is 1. The fourth-order valence-electron chi connectivity index (χ4n) is 3.95. The number of amides is 1. The number of hydrogen-bond acceptors (Lipinski definition) is 6. The summed E-state index contributed by atoms with van der Waals surface area (Å²) in [7, 11) is 0. The molecule has 9 heteroatoms. The normalized spacial score (nSPS) is 15.1. The predicted octanol–water partition coefficient (Wildman–Crippen LogP) is 4.40. The highest BCUT2D eigenvalue weighted by molar-refractivity contribution is 7.18. The van der Waals surface area contributed by atoms with Crippen molar-refractivity contribution in [1.29, 1.82) is 0 Å². The SMILES string of the molecule is C[C@@H](C(=O)N=Nc1c(O)[nH]c2ccccc12)n1cnc2sc3c(c2c1=O)CCCC3. The maximum absolute atomic E-state index is 13.1. The standard InChI is InChI=1S/C21H19N5O3S/c1-11(18(27)25-24-17-12-6-2-4-8-14(12)23-19(17)28)26-10-22-20-16(21(26)29)13-7-3-5-9-15(13)30-20/h2,4,6,8,10-11,23,28H,3,5,7,9H2,1H3/t11-/m0/s1. The van der Waals surface area contributed by atoms with Crippen LogP contribution >= 0.6 is 11.3 Å². The van der Waals surface area contributed by atoms with Gasteiger partial charge in [-0.1, -0.05) is 18.2 Å². The Kier molecular flexibility index (Phi) is 4.47. The molecule has 1 aliphatic rings. The zero-order chi connectivity index (χ0) is 20.8. The topological polar surface area (TPSA) is 113 Å². The van der Waals surface area contributed by atoms with Crippen molar-refractivity contribution in [2.75, 3.05) is 0 Å². The number of hydrogen-bond donors (Lipinski definition) is 2. The molecule has 0 unspecified atom stereocenters. The highest BCUT2D eigenvalue weighted by Crippen LogP contribution is 2.36. The Hall–Kier alpha value is -3.33. The maximum Gasteiger partial charge on any atom is 0.287 e. The van der Waals surface area contributed by atoms with Gasteiger partial charge in [0.1, 0.15) is 10.9 Å². The van der Waals surface area contributed by atoms with Crippen LogP contribution in [0.3, 0.4) is 0 Å². The van der Waals surface area contributed by atoms with E-state index in [1.54, 1.807) is 36.5 Å². The van der Waals surface area contributed by atoms with E-state index in [0.717, 1.165) is 36.1 Å². The molecule has 4 aromatic rings. The molecule has 1 atom stereocenters. The number of aromatic amines is 1. The van der Waals surface area contributed by atoms with Gasteiger partial charge in [0.25, 0.3) is 11.5 Å². The van der Waals surface area contributed by atoms with E-state index in [9.17, 15) is 14.7 Å². The average Bonchev–Trinajstić information content (AvgIpc) is 3.29. The summed E-state index contributed by atoms with van der Waals surface area (Å²) in [4.78, 5) is 35.0. The molecule has 0 radical (unpaired) electrons. The minimum atomic E-state index is -0.857. The van der Waals surface area contributed by atoms with Crippen LogP contribution in [0.15, 0.2) is 45.6 Å². The number of aromatic nitrogens is 3. The van der Waals surface area contributed by atoms with Crippen molar-refractivity contribution in [3.63, 3.8) is 0 Å². The van der Waals surface area contributed by atoms with Crippen LogP contribution in [0.2, 0.25) is 0 Å². The lowest BCUT2D eigenvalue weighted by molar-refractivity contribution is -0.121. The van der Waals surface area contributed by atoms with Gasteiger partial charge >= 0.3 is 0 Å². The first-order chi connectivity index (χ1) is 14.5. The lowest BCUT2D eigenvalue weighted by atomic mass is 9.97. The van der Waals surface area contributed by atoms with Gasteiger partial charge in [-0.3, -0.25) is 14.2 Å². The van der Waals surface area contributed by atoms with E-state index < -0.39 is 11.9 Å². The van der Waals surface area contributed by atoms with Crippen LogP contribution in [0, 0.1) is 0 Å². The predicted molar refractivity (Wildman–Crippen MR) is 115 cm³/mol. The number of fused-ring (bicyclic) bond motifs is 4. The molecule has 0 fully saturated rings. The molecule has 2 N–H and O–H groups in total. The lowest BCUT2D eigenvalue weighted by Crippen LogP contribution is -2.27. The number of benzene rings is 1. The molecule has 1 aliphatic carbocycles. The van der Waals surface area contributed by atoms with Gasteiger partial charge < -0.3 is 10.1 Å². The molecule has 8 nitrogen and oxygen atoms in total. The van der Waals surface area contributed by atoms with E-state index in [4.69, 9.17) is 0 Å². The summed E-state index contributed by atoms with van der Waals surface area (Å²) in [5.41, 5.74) is 1.75. The Morgan fingerprint density at radius 1 is 1.30 bits per heavy atom. The molecular weight excluding hydrogens is 402 g/mol. The van der Waals surface area contributed by atoms with Gasteiger partial charge in [0, 0.05) is 10.3 Å². The third-order valence-electron chi connectivity index (χ3n) is 5.58. The monoisotopic (exact) mass is 421 g/mol. The minimum absolute atomic E-state index is 0.162. The highest BCUT2D eigenvalue weighted by atomic mass is 32.1. The Balaban J connectivity index is 1.49. The van der Waals surface area contributed by atoms with E-state index in [0.29, 0.717) is 16.3 Å². The van der Waals surface area contributed by atoms with Crippen molar-refractivity contribution in [1.82, 2.24) is 14.5 Å². The van der Waals surface area contributed by atoms with Crippen molar-refractivity contribution in [3.8, 4) is 5.88 Å². The quantitative estimate of drug-likeness (QED) is 0.478. The van der Waals surface area contributed by atoms with Crippen LogP contribution < -0.4 is 5.56 Å². The van der Waals surface area contributed by atoms with Crippen molar-refractivity contribution in [2.45, 2.75) is 38.6 Å². The number of aryl methyl sites for hydroxylation is 2. The molecule has 3 aromatic heterocycles. The summed E-state index contributed by atoms with van der Waals surface area (Å²) in [6.07, 6.45) is 5.45. The number of aromatic hydroxyl groups is 1. The molecular formula is C21H19N5O3S. The Morgan fingerprint density at radius 3 is 2.97 bits per heavy atom. The fourth-order valence-corrected chi connectivity index (χ4v) is 5.17. The second-order valence-electron chi connectivity index (χ2n) is 7.43. The first-order valence-electron chi connectivity index (χ1n) is 9.81. The number of H-pyrrole nitrogens is 1. The molecule has 1 aromatic carbocycles. The van der Waals surface area contributed by atoms with Gasteiger partial charge in [-0.05, 0) is 44.2 Å². The van der Waals surface area contributed by atoms with E-state index >= 15 is 0 Å². The molecule has 0 saturated carbocycles. The second-order valence-corrected chi connectivity index (χ2v) is 8.51. The number of rotatable bonds is 3. The molecule has 5 rings (SSSR count). The van der Waals surface area contributed by atoms with Crippen molar-refractivity contribution >= 4 is 44.1 Å². The zero-order valence-electron chi connectivity index (χ0n) is 16.3. The number of thiophene rings is 1. The maximum atomic E-state index is 13.1. The summed E-state index contributed by atoms with van der Waals surface area (Å²) < 4.78 is 1.32. The molecule has 0 saturated heterocycles. The zero-order valence-corrected chi connectivity index (χ0v) is 17.1. The lowest BCUT2D eigenvalue weighted by Gasteiger charge is -2.12. The van der Waals surface area contributed by atoms with Gasteiger partial charge in [-0.2, -0.15) is 0 Å². The molecule has 0 bridgehead atoms. The number of carbonyl (C=O) groups is 1. The van der Waals surface area contributed by atoms with Crippen LogP contribution in [0.1, 0.15) is 36.2 Å². The van der Waals surface area contributed by atoms with E-state index in [2.05, 4.69) is 20.2 Å². The molecule has 0 aliphatic heterocycles. The number of carbonyl (C=O) groups excluding carboxylic acids is 1. The van der Waals surface area contributed by atoms with Gasteiger partial charge in [0.2, 0.25) is 5.88 Å². The smallest absolute Gasteiger partial charge is 0.287 e. The molecule has 1 amide bonds. The summed E-state index contributed by atoms with van der Waals surface area (Å²) >= 11 is 1.57. The molecule has 0 spiro atoms. The van der Waals surface area contributed by atoms with Crippen LogP contribution in [-0.4, -0.2) is 25.5 Å². The summed E-state index contributed by atoms with van der Waals surface area (Å²) in [5.74, 6) is -0.752. The molecule has 3 heterocycles. The second kappa shape index (κ2) is 7.17. The van der Waals surface area contributed by atoms with Crippen LogP contribution in [0.25, 0.3) is 21.1 Å². The highest BCUT2D eigenvalue weighted by Gasteiger charge is 2.23. The minimum Gasteiger partial charge on any atom is -0.493 e. The Labute approximate surface area is 174 Å². The van der Waals surface area contributed by atoms with Crippen LogP contribution in [0.4, 0.5) is 5.69 Å². The van der Waals surface area contributed by atoms with E-state index in [1.807, 2.05) is 6.07 Å². The number of nitrogens with zero attached hydrogens (tertiary/aromatic N) is 4. The summed E-state index contributed by atoms with van der Waals surface area (Å²) in [6, 6.07) is 6.34. The average molecular weight is 421 g/mol. The first-order valence-corrected chi connectivity index (χ1v) is 10.6. The summed E-state index contributed by atoms with van der Waals surface area (Å²) in [5, 5.41) is 19.1. The van der Waals surface area contributed by atoms with Gasteiger partial charge in [0.05, 0.1) is 17.2 Å². The fraction of sp³-hybridized carbons (Fsp3) is 0.286. The van der Waals surface area contributed by atoms with E-state index in [-0.39, 0.29) is 17.1 Å².